The third-order valence-corrected chi connectivity index (χ3v) is 2.28. The van der Waals surface area contributed by atoms with Gasteiger partial charge in [-0.15, -0.1) is 11.3 Å². The van der Waals surface area contributed by atoms with Gasteiger partial charge in [0.25, 0.3) is 0 Å². The summed E-state index contributed by atoms with van der Waals surface area (Å²) in [5.74, 6) is 0. The van der Waals surface area contributed by atoms with Gasteiger partial charge in [0, 0.05) is 4.91 Å². The summed E-state index contributed by atoms with van der Waals surface area (Å²) >= 11 is 4.95. The first kappa shape index (κ1) is 6.30. The van der Waals surface area contributed by atoms with Crippen LogP contribution in [-0.4, -0.2) is 12.3 Å². The highest BCUT2D eigenvalue weighted by Gasteiger charge is 1.94. The van der Waals surface area contributed by atoms with Crippen molar-refractivity contribution in [2.24, 2.45) is 0 Å². The van der Waals surface area contributed by atoms with Crippen LogP contribution in [0, 0.1) is 0 Å². The molecule has 0 aliphatic heterocycles. The van der Waals surface area contributed by atoms with E-state index >= 15 is 0 Å². The Labute approximate surface area is 61.5 Å². The zero-order valence-electron chi connectivity index (χ0n) is 4.39. The van der Waals surface area contributed by atoms with E-state index in [0.717, 1.165) is 8.69 Å². The largest absolute Gasteiger partial charge is 0.260 e. The molecule has 0 spiro atoms. The van der Waals surface area contributed by atoms with Crippen LogP contribution < -0.4 is 4.91 Å². The Bertz CT molecular complexity index is 176. The molecule has 1 nitrogen and oxygen atoms in total. The standard InChI is InChI=1S/C4H4BBrNS/c1-5-4-7-2-3(6)8-4/h2H,1H3. The van der Waals surface area contributed by atoms with E-state index < -0.39 is 0 Å². The molecule has 0 bridgehead atoms. The van der Waals surface area contributed by atoms with Gasteiger partial charge in [-0.3, -0.25) is 4.98 Å². The van der Waals surface area contributed by atoms with Crippen molar-refractivity contribution < 1.29 is 0 Å². The fourth-order valence-corrected chi connectivity index (χ4v) is 1.53. The molecule has 1 aromatic rings. The van der Waals surface area contributed by atoms with Crippen LogP contribution >= 0.6 is 27.3 Å². The van der Waals surface area contributed by atoms with Gasteiger partial charge < -0.3 is 0 Å². The molecule has 1 rings (SSSR count). The van der Waals surface area contributed by atoms with E-state index in [1.807, 2.05) is 14.1 Å². The van der Waals surface area contributed by atoms with Gasteiger partial charge in [0.2, 0.25) is 0 Å². The van der Waals surface area contributed by atoms with Crippen molar-refractivity contribution >= 4 is 39.5 Å². The van der Waals surface area contributed by atoms with Crippen LogP contribution in [0.5, 0.6) is 0 Å². The Morgan fingerprint density at radius 1 is 1.88 bits per heavy atom. The molecule has 4 heteroatoms. The number of halogens is 1. The van der Waals surface area contributed by atoms with Crippen molar-refractivity contribution in [3.8, 4) is 0 Å². The number of hydrogen-bond donors (Lipinski definition) is 0. The number of hydrogen-bond acceptors (Lipinski definition) is 2. The molecular weight excluding hydrogens is 185 g/mol. The summed E-state index contributed by atoms with van der Waals surface area (Å²) in [5.41, 5.74) is 0. The Morgan fingerprint density at radius 2 is 2.62 bits per heavy atom. The van der Waals surface area contributed by atoms with Crippen molar-refractivity contribution in [1.82, 2.24) is 4.98 Å². The van der Waals surface area contributed by atoms with E-state index in [2.05, 4.69) is 20.9 Å². The van der Waals surface area contributed by atoms with Gasteiger partial charge in [0.1, 0.15) is 0 Å². The van der Waals surface area contributed by atoms with Crippen LogP contribution in [-0.2, 0) is 0 Å². The molecule has 1 heterocycles. The first-order valence-electron chi connectivity index (χ1n) is 2.23. The van der Waals surface area contributed by atoms with E-state index in [0.29, 0.717) is 0 Å². The lowest BCUT2D eigenvalue weighted by atomic mass is 9.84. The zero-order valence-corrected chi connectivity index (χ0v) is 6.79. The van der Waals surface area contributed by atoms with Gasteiger partial charge in [-0.1, -0.05) is 6.82 Å². The Balaban J connectivity index is 2.84. The van der Waals surface area contributed by atoms with E-state index in [1.54, 1.807) is 17.5 Å². The molecule has 8 heavy (non-hydrogen) atoms. The van der Waals surface area contributed by atoms with Crippen LogP contribution in [0.2, 0.25) is 6.82 Å². The molecule has 0 aliphatic carbocycles. The van der Waals surface area contributed by atoms with E-state index in [9.17, 15) is 0 Å². The average Bonchev–Trinajstić information content (AvgIpc) is 2.14. The molecule has 0 fully saturated rings. The maximum absolute atomic E-state index is 4.05. The monoisotopic (exact) mass is 188 g/mol. The Kier molecular flexibility index (Phi) is 2.08. The van der Waals surface area contributed by atoms with Gasteiger partial charge in [0.05, 0.1) is 9.98 Å². The Morgan fingerprint density at radius 3 is 2.88 bits per heavy atom. The first-order valence-corrected chi connectivity index (χ1v) is 3.84. The lowest BCUT2D eigenvalue weighted by Crippen LogP contribution is -2.06. The minimum absolute atomic E-state index is 1.07. The molecule has 0 aromatic carbocycles. The van der Waals surface area contributed by atoms with Gasteiger partial charge >= 0.3 is 0 Å². The van der Waals surface area contributed by atoms with Gasteiger partial charge in [-0.05, 0) is 15.9 Å². The smallest absolute Gasteiger partial charge is 0.188 e. The highest BCUT2D eigenvalue weighted by molar-refractivity contribution is 9.11. The van der Waals surface area contributed by atoms with Gasteiger partial charge in [0.15, 0.2) is 7.28 Å². The van der Waals surface area contributed by atoms with Crippen LogP contribution in [0.15, 0.2) is 9.98 Å². The molecule has 0 saturated carbocycles. The van der Waals surface area contributed by atoms with Gasteiger partial charge in [-0.25, -0.2) is 0 Å². The topological polar surface area (TPSA) is 12.9 Å². The number of thiazole rings is 1. The summed E-state index contributed by atoms with van der Waals surface area (Å²) in [6, 6.07) is 0. The zero-order chi connectivity index (χ0) is 5.98. The molecule has 0 saturated heterocycles. The van der Waals surface area contributed by atoms with E-state index in [4.69, 9.17) is 0 Å². The Hall–Kier alpha value is 0.175. The lowest BCUT2D eigenvalue weighted by Gasteiger charge is -1.75. The lowest BCUT2D eigenvalue weighted by molar-refractivity contribution is 1.46. The van der Waals surface area contributed by atoms with Crippen LogP contribution in [0.4, 0.5) is 0 Å². The second-order valence-electron chi connectivity index (χ2n) is 1.29. The van der Waals surface area contributed by atoms with Gasteiger partial charge in [-0.2, -0.15) is 0 Å². The number of aromatic nitrogens is 1. The molecule has 1 radical (unpaired) electrons. The summed E-state index contributed by atoms with van der Waals surface area (Å²) in [6.07, 6.45) is 1.81. The van der Waals surface area contributed by atoms with E-state index in [1.165, 1.54) is 0 Å². The average molecular weight is 189 g/mol. The van der Waals surface area contributed by atoms with Crippen molar-refractivity contribution in [3.63, 3.8) is 0 Å². The van der Waals surface area contributed by atoms with Crippen molar-refractivity contribution in [3.05, 3.63) is 9.98 Å². The molecule has 0 aliphatic rings. The van der Waals surface area contributed by atoms with Crippen molar-refractivity contribution in [2.45, 2.75) is 6.82 Å². The van der Waals surface area contributed by atoms with E-state index in [-0.39, 0.29) is 0 Å². The summed E-state index contributed by atoms with van der Waals surface area (Å²) < 4.78 is 1.09. The quantitative estimate of drug-likeness (QED) is 0.606. The third kappa shape index (κ3) is 1.32. The molecule has 0 N–H and O–H groups in total. The fraction of sp³-hybridized carbons (Fsp3) is 0.250. The molecule has 41 valence electrons. The summed E-state index contributed by atoms with van der Waals surface area (Å²) in [7, 11) is 1.98. The molecular formula is C4H4BBrNS. The van der Waals surface area contributed by atoms with Crippen LogP contribution in [0.25, 0.3) is 0 Å². The van der Waals surface area contributed by atoms with Crippen molar-refractivity contribution in [2.75, 3.05) is 0 Å². The van der Waals surface area contributed by atoms with Crippen molar-refractivity contribution in [1.29, 1.82) is 0 Å². The summed E-state index contributed by atoms with van der Waals surface area (Å²) in [6.45, 7) is 1.98. The molecule has 0 atom stereocenters. The predicted molar refractivity (Wildman–Crippen MR) is 41.1 cm³/mol. The normalized spacial score (nSPS) is 9.25. The SMILES string of the molecule is C[B]c1ncc(Br)s1. The molecule has 0 unspecified atom stereocenters. The summed E-state index contributed by atoms with van der Waals surface area (Å²) in [4.78, 5) is 5.12. The van der Waals surface area contributed by atoms with Crippen LogP contribution in [0.3, 0.4) is 0 Å². The second kappa shape index (κ2) is 2.64. The maximum Gasteiger partial charge on any atom is 0.188 e. The number of nitrogens with zero attached hydrogens (tertiary/aromatic N) is 1. The summed E-state index contributed by atoms with van der Waals surface area (Å²) in [5, 5.41) is 0. The predicted octanol–water partition coefficient (Wildman–Crippen LogP) is 1.28. The maximum atomic E-state index is 4.05. The number of rotatable bonds is 1. The fourth-order valence-electron chi connectivity index (χ4n) is 0.400. The van der Waals surface area contributed by atoms with Crippen LogP contribution in [0.1, 0.15) is 0 Å². The third-order valence-electron chi connectivity index (χ3n) is 0.742. The minimum atomic E-state index is 1.07. The molecule has 1 aromatic heterocycles. The minimum Gasteiger partial charge on any atom is -0.260 e. The highest BCUT2D eigenvalue weighted by atomic mass is 79.9. The second-order valence-corrected chi connectivity index (χ2v) is 3.73. The highest BCUT2D eigenvalue weighted by Crippen LogP contribution is 2.10. The molecule has 0 amide bonds. The first-order chi connectivity index (χ1) is 3.83.